The highest BCUT2D eigenvalue weighted by molar-refractivity contribution is 5.96. The van der Waals surface area contributed by atoms with Crippen LogP contribution in [-0.4, -0.2) is 81.4 Å². The minimum Gasteiger partial charge on any atom is -0.494 e. The van der Waals surface area contributed by atoms with Crippen LogP contribution in [-0.2, 0) is 27.3 Å². The molecule has 1 atom stereocenters. The number of benzene rings is 2. The summed E-state index contributed by atoms with van der Waals surface area (Å²) in [5.41, 5.74) is 3.11. The van der Waals surface area contributed by atoms with Gasteiger partial charge in [0.2, 0.25) is 5.91 Å². The summed E-state index contributed by atoms with van der Waals surface area (Å²) in [6.45, 7) is 4.22. The molecular formula is C28H37N3O5. The van der Waals surface area contributed by atoms with Gasteiger partial charge in [-0.1, -0.05) is 30.3 Å². The number of piperazine rings is 1. The van der Waals surface area contributed by atoms with Gasteiger partial charge >= 0.3 is 6.09 Å². The average molecular weight is 496 g/mol. The summed E-state index contributed by atoms with van der Waals surface area (Å²) < 4.78 is 16.8. The molecular weight excluding hydrogens is 458 g/mol. The minimum absolute atomic E-state index is 0.166. The quantitative estimate of drug-likeness (QED) is 0.468. The highest BCUT2D eigenvalue weighted by atomic mass is 16.6. The van der Waals surface area contributed by atoms with E-state index in [9.17, 15) is 9.59 Å². The number of methoxy groups -OCH3 is 1. The average Bonchev–Trinajstić information content (AvgIpc) is 2.90. The maximum absolute atomic E-state index is 12.6. The number of ether oxygens (including phenoxy) is 3. The number of nitrogens with zero attached hydrogens (tertiary/aromatic N) is 3. The van der Waals surface area contributed by atoms with Crippen LogP contribution in [0.5, 0.6) is 5.75 Å². The molecule has 36 heavy (non-hydrogen) atoms. The molecule has 0 radical (unpaired) electrons. The Labute approximate surface area is 213 Å². The normalized spacial score (nSPS) is 18.2. The number of hydrogen-bond acceptors (Lipinski definition) is 6. The third-order valence-corrected chi connectivity index (χ3v) is 6.94. The zero-order valence-electron chi connectivity index (χ0n) is 21.4. The molecule has 2 aromatic rings. The fourth-order valence-corrected chi connectivity index (χ4v) is 4.79. The van der Waals surface area contributed by atoms with Crippen molar-refractivity contribution in [2.45, 2.75) is 38.3 Å². The van der Waals surface area contributed by atoms with Crippen molar-refractivity contribution in [1.82, 2.24) is 9.80 Å². The summed E-state index contributed by atoms with van der Waals surface area (Å²) in [6.07, 6.45) is 2.60. The van der Waals surface area contributed by atoms with Gasteiger partial charge in [0.05, 0.1) is 6.61 Å². The van der Waals surface area contributed by atoms with Gasteiger partial charge in [-0.15, -0.1) is 0 Å². The molecule has 2 heterocycles. The summed E-state index contributed by atoms with van der Waals surface area (Å²) in [6, 6.07) is 15.9. The van der Waals surface area contributed by atoms with Crippen LogP contribution in [0.3, 0.4) is 0 Å². The van der Waals surface area contributed by atoms with Gasteiger partial charge in [0.15, 0.2) is 0 Å². The molecule has 2 aliphatic heterocycles. The highest BCUT2D eigenvalue weighted by Crippen LogP contribution is 2.31. The van der Waals surface area contributed by atoms with E-state index in [4.69, 9.17) is 14.2 Å². The van der Waals surface area contributed by atoms with Crippen LogP contribution in [0.15, 0.2) is 48.5 Å². The summed E-state index contributed by atoms with van der Waals surface area (Å²) in [5.74, 6) is 0.983. The number of carbonyl (C=O) groups is 2. The maximum atomic E-state index is 12.6. The minimum atomic E-state index is -0.267. The van der Waals surface area contributed by atoms with E-state index in [2.05, 4.69) is 18.0 Å². The van der Waals surface area contributed by atoms with E-state index in [-0.39, 0.29) is 24.6 Å². The zero-order chi connectivity index (χ0) is 25.3. The van der Waals surface area contributed by atoms with Gasteiger partial charge in [-0.3, -0.25) is 9.69 Å². The van der Waals surface area contributed by atoms with Gasteiger partial charge in [0.25, 0.3) is 0 Å². The number of hydrogen-bond donors (Lipinski definition) is 0. The number of likely N-dealkylation sites (N-methyl/N-ethyl adjacent to an activating group) is 1. The van der Waals surface area contributed by atoms with E-state index in [1.165, 1.54) is 0 Å². The first-order chi connectivity index (χ1) is 17.5. The molecule has 2 amide bonds. The third-order valence-electron chi connectivity index (χ3n) is 6.94. The lowest BCUT2D eigenvalue weighted by Crippen LogP contribution is -2.53. The second kappa shape index (κ2) is 12.7. The van der Waals surface area contributed by atoms with E-state index in [0.29, 0.717) is 39.3 Å². The lowest BCUT2D eigenvalue weighted by Gasteiger charge is -2.38. The standard InChI is InChI=1S/C28H37N3O5/c1-29-15-16-30(28(33)36-21-22-7-4-3-5-8-22)20-24(29)13-18-35-25-10-11-26-23(19-25)9-12-27(32)31(26)14-6-17-34-2/h3-5,7-8,10-11,19,24H,6,9,12-18,20-21H2,1-2H3/t24-/m1/s1. The van der Waals surface area contributed by atoms with Crippen molar-refractivity contribution in [3.63, 3.8) is 0 Å². The second-order valence-corrected chi connectivity index (χ2v) is 9.44. The Balaban J connectivity index is 1.26. The summed E-state index contributed by atoms with van der Waals surface area (Å²) in [5, 5.41) is 0. The maximum Gasteiger partial charge on any atom is 0.410 e. The molecule has 1 saturated heterocycles. The Morgan fingerprint density at radius 3 is 2.69 bits per heavy atom. The summed E-state index contributed by atoms with van der Waals surface area (Å²) in [7, 11) is 3.77. The molecule has 0 aliphatic carbocycles. The molecule has 2 aromatic carbocycles. The van der Waals surface area contributed by atoms with Crippen molar-refractivity contribution in [2.75, 3.05) is 58.5 Å². The molecule has 194 valence electrons. The molecule has 8 heteroatoms. The largest absolute Gasteiger partial charge is 0.494 e. The van der Waals surface area contributed by atoms with Gasteiger partial charge in [0, 0.05) is 58.0 Å². The monoisotopic (exact) mass is 495 g/mol. The summed E-state index contributed by atoms with van der Waals surface area (Å²) in [4.78, 5) is 31.0. The molecule has 0 aromatic heterocycles. The van der Waals surface area contributed by atoms with Crippen LogP contribution in [0.2, 0.25) is 0 Å². The Kier molecular flexibility index (Phi) is 9.19. The smallest absolute Gasteiger partial charge is 0.410 e. The van der Waals surface area contributed by atoms with Crippen LogP contribution in [0, 0.1) is 0 Å². The predicted molar refractivity (Wildman–Crippen MR) is 138 cm³/mol. The number of carbonyl (C=O) groups excluding carboxylic acids is 2. The fraction of sp³-hybridized carbons (Fsp3) is 0.500. The molecule has 0 spiro atoms. The van der Waals surface area contributed by atoms with Gasteiger partial charge in [-0.2, -0.15) is 0 Å². The lowest BCUT2D eigenvalue weighted by atomic mass is 10.0. The molecule has 0 saturated carbocycles. The van der Waals surface area contributed by atoms with Crippen molar-refractivity contribution in [3.05, 3.63) is 59.7 Å². The highest BCUT2D eigenvalue weighted by Gasteiger charge is 2.28. The predicted octanol–water partition coefficient (Wildman–Crippen LogP) is 3.72. The van der Waals surface area contributed by atoms with Gasteiger partial charge < -0.3 is 24.0 Å². The van der Waals surface area contributed by atoms with Gasteiger partial charge in [-0.25, -0.2) is 4.79 Å². The van der Waals surface area contributed by atoms with E-state index >= 15 is 0 Å². The summed E-state index contributed by atoms with van der Waals surface area (Å²) >= 11 is 0. The first-order valence-electron chi connectivity index (χ1n) is 12.8. The van der Waals surface area contributed by atoms with Crippen LogP contribution in [0.1, 0.15) is 30.4 Å². The van der Waals surface area contributed by atoms with Crippen LogP contribution < -0.4 is 9.64 Å². The van der Waals surface area contributed by atoms with Gasteiger partial charge in [-0.05, 0) is 55.6 Å². The Hall–Kier alpha value is -3.10. The van der Waals surface area contributed by atoms with E-state index in [0.717, 1.165) is 48.4 Å². The Bertz CT molecular complexity index is 1020. The second-order valence-electron chi connectivity index (χ2n) is 9.44. The molecule has 0 unspecified atom stereocenters. The molecule has 2 aliphatic rings. The van der Waals surface area contributed by atoms with E-state index < -0.39 is 0 Å². The molecule has 4 rings (SSSR count). The van der Waals surface area contributed by atoms with Crippen LogP contribution in [0.25, 0.3) is 0 Å². The first-order valence-corrected chi connectivity index (χ1v) is 12.8. The fourth-order valence-electron chi connectivity index (χ4n) is 4.79. The lowest BCUT2D eigenvalue weighted by molar-refractivity contribution is -0.118. The molecule has 0 N–H and O–H groups in total. The van der Waals surface area contributed by atoms with Crippen molar-refractivity contribution in [3.8, 4) is 5.75 Å². The molecule has 8 nitrogen and oxygen atoms in total. The van der Waals surface area contributed by atoms with Crippen LogP contribution in [0.4, 0.5) is 10.5 Å². The van der Waals surface area contributed by atoms with E-state index in [1.54, 1.807) is 12.0 Å². The number of aryl methyl sites for hydroxylation is 1. The van der Waals surface area contributed by atoms with E-state index in [1.807, 2.05) is 47.4 Å². The zero-order valence-corrected chi connectivity index (χ0v) is 21.4. The van der Waals surface area contributed by atoms with Crippen molar-refractivity contribution < 1.29 is 23.8 Å². The Morgan fingerprint density at radius 2 is 1.89 bits per heavy atom. The first kappa shape index (κ1) is 26.0. The number of anilines is 1. The third kappa shape index (κ3) is 6.77. The van der Waals surface area contributed by atoms with Crippen molar-refractivity contribution in [1.29, 1.82) is 0 Å². The number of rotatable bonds is 10. The SMILES string of the molecule is COCCCN1C(=O)CCc2cc(OCC[C@@H]3CN(C(=O)OCc4ccccc4)CCN3C)ccc21. The number of amides is 2. The van der Waals surface area contributed by atoms with Crippen molar-refractivity contribution >= 4 is 17.7 Å². The Morgan fingerprint density at radius 1 is 1.06 bits per heavy atom. The van der Waals surface area contributed by atoms with Crippen molar-refractivity contribution in [2.24, 2.45) is 0 Å². The van der Waals surface area contributed by atoms with Gasteiger partial charge in [0.1, 0.15) is 12.4 Å². The topological polar surface area (TPSA) is 71.5 Å². The van der Waals surface area contributed by atoms with Crippen LogP contribution >= 0.6 is 0 Å². The molecule has 0 bridgehead atoms. The molecule has 1 fully saturated rings. The number of fused-ring (bicyclic) bond motifs is 1.